The van der Waals surface area contributed by atoms with Crippen molar-refractivity contribution in [3.63, 3.8) is 0 Å². The number of carbonyl (C=O) groups is 17. The topological polar surface area (TPSA) is 652 Å². The number of nitrogens with one attached hydrogen (secondary N) is 13. The third kappa shape index (κ3) is 34.2. The Morgan fingerprint density at radius 2 is 1.16 bits per heavy atom. The molecule has 12 atom stereocenters. The molecule has 1 saturated heterocycles. The number of fused-ring (bicyclic) bond motifs is 1. The molecule has 0 radical (unpaired) electrons. The van der Waals surface area contributed by atoms with E-state index in [0.29, 0.717) is 28.8 Å². The van der Waals surface area contributed by atoms with Crippen molar-refractivity contribution < 1.29 is 96.5 Å². The smallest absolute Gasteiger partial charge is 0.303 e. The maximum absolute atomic E-state index is 15.7. The zero-order valence-electron chi connectivity index (χ0n) is 65.5. The fourth-order valence-electron chi connectivity index (χ4n) is 12.2. The van der Waals surface area contributed by atoms with Gasteiger partial charge in [0.05, 0.1) is 19.1 Å². The van der Waals surface area contributed by atoms with Gasteiger partial charge in [-0.3, -0.25) is 81.5 Å². The normalized spacial score (nSPS) is 18.8. The van der Waals surface area contributed by atoms with Crippen molar-refractivity contribution in [3.8, 4) is 5.75 Å². The number of amides is 16. The first-order chi connectivity index (χ1) is 55.6. The second-order valence-corrected chi connectivity index (χ2v) is 29.5. The lowest BCUT2D eigenvalue weighted by molar-refractivity contribution is -0.140. The molecule has 117 heavy (non-hydrogen) atoms. The number of aliphatic hydroxyl groups excluding tert-OH is 1. The highest BCUT2D eigenvalue weighted by molar-refractivity contribution is 7.99. The minimum absolute atomic E-state index is 0.0893. The quantitative estimate of drug-likeness (QED) is 0.0184. The number of aliphatic hydroxyl groups is 1. The summed E-state index contributed by atoms with van der Waals surface area (Å²) in [5, 5.41) is 55.7. The molecule has 4 aromatic carbocycles. The van der Waals surface area contributed by atoms with Crippen LogP contribution in [0.4, 0.5) is 0 Å². The van der Waals surface area contributed by atoms with Crippen LogP contribution in [0, 0.1) is 0 Å². The lowest BCUT2D eigenvalue weighted by Crippen LogP contribution is -2.64. The lowest BCUT2D eigenvalue weighted by atomic mass is 9.91. The minimum atomic E-state index is -2.09. The number of benzene rings is 4. The Morgan fingerprint density at radius 3 is 1.78 bits per heavy atom. The van der Waals surface area contributed by atoms with Crippen molar-refractivity contribution in [1.82, 2.24) is 69.1 Å². The van der Waals surface area contributed by atoms with Crippen molar-refractivity contribution in [2.24, 2.45) is 34.4 Å². The maximum atomic E-state index is 15.7. The molecule has 1 aliphatic rings. The number of rotatable bonds is 43. The number of nitrogens with two attached hydrogens (primary N) is 6. The molecule has 5 rings (SSSR count). The highest BCUT2D eigenvalue weighted by Crippen LogP contribution is 2.22. The first kappa shape index (κ1) is 95.7. The van der Waals surface area contributed by atoms with E-state index >= 15 is 19.2 Å². The Morgan fingerprint density at radius 1 is 0.581 bits per heavy atom. The summed E-state index contributed by atoms with van der Waals surface area (Å²) >= 11 is 0.919. The number of hydrogen-bond acceptors (Lipinski definition) is 23. The van der Waals surface area contributed by atoms with Gasteiger partial charge in [0.25, 0.3) is 0 Å². The Hall–Kier alpha value is -11.9. The standard InChI is InChI=1S/C77H109N19O20S/c1-43(97)65-75(114)89-51(16-11-33-84-40-46-12-5-4-6-13-46)67(106)87-52(23-26-60(80)99)68(107)93-59(42-117-35-29-55(86-44(2)98)70(109)88-53(71(110)95-65)24-27-61(81)100)73(112)90-56(37-45-18-21-50(22-19-45)116-34-32-79)72(111)91-57(38-47-17-20-48-14-7-8-15-49(48)36-47)74(113)96-77(3,30-9-10-31-78)76(115)94-54(25-28-64(103)104)69(108)92-58(39-62(82)101)66(105)85-41-63(83)102/h4-8,12-15,17-22,36,43,51-59,65,84,97H,9-11,16,23-35,37-42,78-79H2,1-3H3,(H2,80,99)(H2,81,100)(H2,82,101)(H2,83,102)(H,85,105)(H,86,98)(H,87,106)(H,88,109)(H,89,114)(H,90,112)(H,91,111)(H,92,108)(H,93,107)(H,94,115)(H,95,110)(H,96,113)(H,103,104)/t43-,51+,52+,53+,54+,55+,56+,57+,58+,59+,65+,77+/m1/s1. The summed E-state index contributed by atoms with van der Waals surface area (Å²) in [6.45, 7) is 3.77. The molecule has 0 aromatic heterocycles. The Balaban J connectivity index is 1.65. The number of primary amides is 4. The minimum Gasteiger partial charge on any atom is -0.492 e. The van der Waals surface area contributed by atoms with Gasteiger partial charge in [0, 0.05) is 57.9 Å². The SMILES string of the molecule is CC(=O)N[C@H]1CCSC[C@@H](C(=O)N[C@@H](Cc2ccc(OCCN)cc2)C(=O)N[C@@H](Cc2ccc3ccccc3c2)C(=O)N[C@@](C)(CCCCN)C(=O)N[C@@H](CCC(=O)O)C(=O)N[C@@H](CC(N)=O)C(=O)NCC(N)=O)NC(=O)[C@H](CCC(N)=O)NC(=O)[C@H](CCCNCc2ccccc2)NC(=O)[C@H]([C@@H](C)O)NC(=O)[C@H](CCC(N)=O)NC1=O. The summed E-state index contributed by atoms with van der Waals surface area (Å²) in [4.78, 5) is 235. The molecular formula is C77H109N19O20S. The molecule has 39 nitrogen and oxygen atoms in total. The Labute approximate surface area is 679 Å². The van der Waals surface area contributed by atoms with Gasteiger partial charge in [-0.25, -0.2) is 0 Å². The molecular weight excluding hydrogens is 1540 g/mol. The van der Waals surface area contributed by atoms with Gasteiger partial charge in [0.2, 0.25) is 94.5 Å². The fraction of sp³-hybridized carbons (Fsp3) is 0.494. The molecule has 40 heteroatoms. The summed E-state index contributed by atoms with van der Waals surface area (Å²) in [5.74, 6) is -18.3. The summed E-state index contributed by atoms with van der Waals surface area (Å²) in [5.41, 5.74) is 32.9. The second-order valence-electron chi connectivity index (χ2n) is 28.3. The van der Waals surface area contributed by atoms with Gasteiger partial charge in [-0.2, -0.15) is 11.8 Å². The summed E-state index contributed by atoms with van der Waals surface area (Å²) in [6, 6.07) is 10.7. The van der Waals surface area contributed by atoms with E-state index in [0.717, 1.165) is 36.6 Å². The molecule has 0 spiro atoms. The van der Waals surface area contributed by atoms with E-state index < -0.39 is 236 Å². The highest BCUT2D eigenvalue weighted by atomic mass is 32.2. The summed E-state index contributed by atoms with van der Waals surface area (Å²) < 4.78 is 5.71. The van der Waals surface area contributed by atoms with Gasteiger partial charge >= 0.3 is 5.97 Å². The molecule has 638 valence electrons. The van der Waals surface area contributed by atoms with Crippen molar-refractivity contribution >= 4 is 123 Å². The van der Waals surface area contributed by atoms with Gasteiger partial charge in [0.1, 0.15) is 78.3 Å². The van der Waals surface area contributed by atoms with Crippen LogP contribution in [0.1, 0.15) is 121 Å². The van der Waals surface area contributed by atoms with Crippen molar-refractivity contribution in [2.75, 3.05) is 44.3 Å². The van der Waals surface area contributed by atoms with E-state index in [1.807, 2.05) is 36.4 Å². The number of aliphatic carboxylic acids is 1. The molecule has 0 saturated carbocycles. The first-order valence-electron chi connectivity index (χ1n) is 38.1. The number of hydrogen-bond donors (Lipinski definition) is 21. The third-order valence-electron chi connectivity index (χ3n) is 18.5. The first-order valence-corrected chi connectivity index (χ1v) is 39.3. The second kappa shape index (κ2) is 49.1. The van der Waals surface area contributed by atoms with Crippen LogP contribution in [0.5, 0.6) is 5.75 Å². The molecule has 0 bridgehead atoms. The zero-order valence-corrected chi connectivity index (χ0v) is 66.3. The van der Waals surface area contributed by atoms with E-state index in [1.165, 1.54) is 6.92 Å². The largest absolute Gasteiger partial charge is 0.492 e. The van der Waals surface area contributed by atoms with Gasteiger partial charge in [0.15, 0.2) is 0 Å². The number of ether oxygens (including phenoxy) is 1. The zero-order chi connectivity index (χ0) is 86.3. The van der Waals surface area contributed by atoms with Crippen LogP contribution < -0.4 is 108 Å². The van der Waals surface area contributed by atoms with Gasteiger partial charge in [-0.05, 0) is 130 Å². The summed E-state index contributed by atoms with van der Waals surface area (Å²) in [6.07, 6.45) is -6.84. The Kier molecular flexibility index (Phi) is 40.2. The van der Waals surface area contributed by atoms with E-state index in [2.05, 4.69) is 69.1 Å². The number of thioether (sulfide) groups is 1. The molecule has 0 aliphatic carbocycles. The van der Waals surface area contributed by atoms with Crippen LogP contribution >= 0.6 is 11.8 Å². The van der Waals surface area contributed by atoms with Gasteiger partial charge in [-0.15, -0.1) is 0 Å². The molecule has 16 amide bonds. The van der Waals surface area contributed by atoms with Crippen molar-refractivity contribution in [3.05, 3.63) is 114 Å². The van der Waals surface area contributed by atoms with Crippen LogP contribution in [0.25, 0.3) is 10.8 Å². The maximum Gasteiger partial charge on any atom is 0.303 e. The average Bonchev–Trinajstić information content (AvgIpc) is 0.816. The number of carbonyl (C=O) groups excluding carboxylic acids is 16. The molecule has 1 heterocycles. The van der Waals surface area contributed by atoms with Crippen LogP contribution in [0.3, 0.4) is 0 Å². The van der Waals surface area contributed by atoms with Crippen molar-refractivity contribution in [1.29, 1.82) is 0 Å². The van der Waals surface area contributed by atoms with Crippen LogP contribution in [-0.2, 0) is 101 Å². The molecule has 1 fully saturated rings. The lowest BCUT2D eigenvalue weighted by Gasteiger charge is -2.34. The predicted molar refractivity (Wildman–Crippen MR) is 428 cm³/mol. The monoisotopic (exact) mass is 1650 g/mol. The number of unbranched alkanes of at least 4 members (excludes halogenated alkanes) is 1. The third-order valence-corrected chi connectivity index (χ3v) is 19.6. The fourth-order valence-corrected chi connectivity index (χ4v) is 13.3. The van der Waals surface area contributed by atoms with E-state index in [-0.39, 0.29) is 76.9 Å². The van der Waals surface area contributed by atoms with Crippen LogP contribution in [0.15, 0.2) is 97.1 Å². The summed E-state index contributed by atoms with van der Waals surface area (Å²) in [7, 11) is 0. The molecule has 27 N–H and O–H groups in total. The molecule has 1 aliphatic heterocycles. The number of carboxylic acids is 1. The van der Waals surface area contributed by atoms with Gasteiger partial charge in [-0.1, -0.05) is 84.9 Å². The van der Waals surface area contributed by atoms with E-state index in [9.17, 15) is 72.5 Å². The van der Waals surface area contributed by atoms with E-state index in [1.54, 1.807) is 60.7 Å². The van der Waals surface area contributed by atoms with Crippen LogP contribution in [-0.4, -0.2) is 227 Å². The highest BCUT2D eigenvalue weighted by Gasteiger charge is 2.42. The van der Waals surface area contributed by atoms with Crippen LogP contribution in [0.2, 0.25) is 0 Å². The predicted octanol–water partition coefficient (Wildman–Crippen LogP) is -5.21. The van der Waals surface area contributed by atoms with Gasteiger partial charge < -0.3 is 118 Å². The van der Waals surface area contributed by atoms with Crippen molar-refractivity contribution in [2.45, 2.75) is 196 Å². The average molecular weight is 1650 g/mol. The number of carboxylic acid groups (broad SMARTS) is 1. The Bertz CT molecular complexity index is 4130. The molecule has 4 aromatic rings. The van der Waals surface area contributed by atoms with E-state index in [4.69, 9.17) is 39.1 Å². The molecule has 0 unspecified atom stereocenters.